The molecule has 0 bridgehead atoms. The van der Waals surface area contributed by atoms with Crippen LogP contribution in [0.25, 0.3) is 0 Å². The molecule has 0 spiro atoms. The molecule has 0 amide bonds. The predicted molar refractivity (Wildman–Crippen MR) is 49.2 cm³/mol. The van der Waals surface area contributed by atoms with Crippen molar-refractivity contribution in [3.63, 3.8) is 0 Å². The maximum absolute atomic E-state index is 8.07. The minimum Gasteiger partial charge on any atom is -0.394 e. The smallest absolute Gasteiger partial charge is 0.118 e. The summed E-state index contributed by atoms with van der Waals surface area (Å²) in [6.45, 7) is 3.20. The average Bonchev–Trinajstić information content (AvgIpc) is 2.02. The fourth-order valence-electron chi connectivity index (χ4n) is 0.209. The van der Waals surface area contributed by atoms with Gasteiger partial charge in [-0.3, -0.25) is 0 Å². The lowest BCUT2D eigenvalue weighted by atomic mass is 10.8. The van der Waals surface area contributed by atoms with Crippen LogP contribution in [0.2, 0.25) is 0 Å². The Morgan fingerprint density at radius 3 is 2.09 bits per heavy atom. The van der Waals surface area contributed by atoms with Gasteiger partial charge in [-0.05, 0) is 6.92 Å². The number of rotatable bonds is 3. The van der Waals surface area contributed by atoms with Crippen LogP contribution in [0, 0.1) is 0 Å². The summed E-state index contributed by atoms with van der Waals surface area (Å²) < 4.78 is 4.82. The molecule has 11 heavy (non-hydrogen) atoms. The molecule has 1 N–H and O–H groups in total. The molecule has 0 aliphatic heterocycles. The molecule has 68 valence electrons. The largest absolute Gasteiger partial charge is 0.394 e. The first-order chi connectivity index (χ1) is 5.18. The Labute approximate surface area is 81.7 Å². The van der Waals surface area contributed by atoms with Crippen molar-refractivity contribution in [2.24, 2.45) is 0 Å². The van der Waals surface area contributed by atoms with Gasteiger partial charge in [-0.25, -0.2) is 0 Å². The van der Waals surface area contributed by atoms with E-state index in [-0.39, 0.29) is 11.1 Å². The third-order valence-electron chi connectivity index (χ3n) is 0.522. The van der Waals surface area contributed by atoms with Gasteiger partial charge in [0.15, 0.2) is 0 Å². The lowest BCUT2D eigenvalue weighted by Gasteiger charge is -1.91. The van der Waals surface area contributed by atoms with Crippen LogP contribution in [-0.2, 0) is 4.74 Å². The number of aliphatic hydroxyl groups is 1. The highest BCUT2D eigenvalue weighted by Crippen LogP contribution is 2.05. The fourth-order valence-corrected chi connectivity index (χ4v) is 0.209. The molecule has 0 aromatic carbocycles. The molecule has 0 saturated heterocycles. The molecule has 0 aromatic rings. The summed E-state index contributed by atoms with van der Waals surface area (Å²) in [5.74, 6) is 0. The second kappa shape index (κ2) is 13.1. The minimum absolute atomic E-state index is 0.0895. The van der Waals surface area contributed by atoms with E-state index in [9.17, 15) is 0 Å². The number of ether oxygens (including phenoxy) is 1. The molecule has 0 rings (SSSR count). The van der Waals surface area contributed by atoms with E-state index in [1.165, 1.54) is 0 Å². The van der Waals surface area contributed by atoms with Crippen molar-refractivity contribution in [2.75, 3.05) is 19.8 Å². The first kappa shape index (κ1) is 14.1. The molecular weight excluding hydrogens is 210 g/mol. The van der Waals surface area contributed by atoms with E-state index in [1.54, 1.807) is 0 Å². The van der Waals surface area contributed by atoms with E-state index in [1.807, 2.05) is 6.92 Å². The molecule has 0 heterocycles. The van der Waals surface area contributed by atoms with Crippen molar-refractivity contribution in [2.45, 2.75) is 6.92 Å². The van der Waals surface area contributed by atoms with E-state index in [2.05, 4.69) is 0 Å². The molecular formula is C6H11Cl3O2. The van der Waals surface area contributed by atoms with Gasteiger partial charge in [0.25, 0.3) is 0 Å². The summed E-state index contributed by atoms with van der Waals surface area (Å²) >= 11 is 14.8. The van der Waals surface area contributed by atoms with E-state index in [4.69, 9.17) is 44.6 Å². The van der Waals surface area contributed by atoms with Gasteiger partial charge in [0.05, 0.1) is 13.2 Å². The third kappa shape index (κ3) is 25.1. The van der Waals surface area contributed by atoms with E-state index >= 15 is 0 Å². The normalized spacial score (nSPS) is 8.09. The molecule has 2 nitrogen and oxygen atoms in total. The van der Waals surface area contributed by atoms with Crippen molar-refractivity contribution in [1.82, 2.24) is 0 Å². The Kier molecular flexibility index (Phi) is 16.8. The number of hydrogen-bond donors (Lipinski definition) is 1. The second-order valence-electron chi connectivity index (χ2n) is 1.32. The summed E-state index contributed by atoms with van der Waals surface area (Å²) in [6.07, 6.45) is 0. The Balaban J connectivity index is 0. The SMILES string of the molecule is CCOCCO.ClC=C(Cl)Cl. The number of aliphatic hydroxyl groups excluding tert-OH is 1. The van der Waals surface area contributed by atoms with E-state index in [0.717, 1.165) is 5.54 Å². The van der Waals surface area contributed by atoms with Gasteiger partial charge in [0, 0.05) is 12.1 Å². The summed E-state index contributed by atoms with van der Waals surface area (Å²) in [5, 5.41) is 8.07. The predicted octanol–water partition coefficient (Wildman–Crippen LogP) is 2.52. The molecule has 0 aliphatic carbocycles. The third-order valence-corrected chi connectivity index (χ3v) is 1.18. The average molecular weight is 222 g/mol. The van der Waals surface area contributed by atoms with Crippen molar-refractivity contribution in [3.05, 3.63) is 10.0 Å². The Hall–Kier alpha value is 0.530. The standard InChI is InChI=1S/C4H10O2.C2HCl3/c1-2-6-4-3-5;3-1-2(4)5/h5H,2-4H2,1H3;1H. The molecule has 0 radical (unpaired) electrons. The number of halogens is 3. The van der Waals surface area contributed by atoms with Crippen LogP contribution in [0.4, 0.5) is 0 Å². The van der Waals surface area contributed by atoms with E-state index in [0.29, 0.717) is 13.2 Å². The summed E-state index contributed by atoms with van der Waals surface area (Å²) in [4.78, 5) is 0. The molecule has 0 atom stereocenters. The van der Waals surface area contributed by atoms with Crippen molar-refractivity contribution in [1.29, 1.82) is 0 Å². The van der Waals surface area contributed by atoms with Gasteiger partial charge in [-0.15, -0.1) is 0 Å². The van der Waals surface area contributed by atoms with Gasteiger partial charge >= 0.3 is 0 Å². The van der Waals surface area contributed by atoms with Crippen LogP contribution in [0.1, 0.15) is 6.92 Å². The van der Waals surface area contributed by atoms with E-state index < -0.39 is 0 Å². The summed E-state index contributed by atoms with van der Waals surface area (Å²) in [5.41, 5.74) is 1.09. The molecule has 0 aliphatic rings. The zero-order valence-electron chi connectivity index (χ0n) is 6.19. The maximum atomic E-state index is 8.07. The van der Waals surface area contributed by atoms with Crippen LogP contribution >= 0.6 is 34.8 Å². The van der Waals surface area contributed by atoms with Crippen molar-refractivity contribution >= 4 is 34.8 Å². The summed E-state index contributed by atoms with van der Waals surface area (Å²) in [6, 6.07) is 0. The lowest BCUT2D eigenvalue weighted by Crippen LogP contribution is -1.96. The van der Waals surface area contributed by atoms with Crippen LogP contribution in [0.5, 0.6) is 0 Å². The highest BCUT2D eigenvalue weighted by molar-refractivity contribution is 6.58. The first-order valence-corrected chi connectivity index (χ1v) is 4.18. The number of hydrogen-bond acceptors (Lipinski definition) is 2. The van der Waals surface area contributed by atoms with Crippen LogP contribution in [-0.4, -0.2) is 24.9 Å². The summed E-state index contributed by atoms with van der Waals surface area (Å²) in [7, 11) is 0. The zero-order chi connectivity index (χ0) is 9.11. The molecule has 0 unspecified atom stereocenters. The second-order valence-corrected chi connectivity index (χ2v) is 2.55. The van der Waals surface area contributed by atoms with Gasteiger partial charge in [0.1, 0.15) is 4.49 Å². The van der Waals surface area contributed by atoms with Crippen molar-refractivity contribution < 1.29 is 9.84 Å². The van der Waals surface area contributed by atoms with Gasteiger partial charge in [-0.1, -0.05) is 34.8 Å². The Bertz CT molecular complexity index is 87.8. The molecule has 5 heteroatoms. The van der Waals surface area contributed by atoms with Crippen LogP contribution < -0.4 is 0 Å². The highest BCUT2D eigenvalue weighted by atomic mass is 35.5. The van der Waals surface area contributed by atoms with Crippen LogP contribution in [0.3, 0.4) is 0 Å². The van der Waals surface area contributed by atoms with Gasteiger partial charge in [0.2, 0.25) is 0 Å². The van der Waals surface area contributed by atoms with Gasteiger partial charge in [-0.2, -0.15) is 0 Å². The topological polar surface area (TPSA) is 29.5 Å². The first-order valence-electron chi connectivity index (χ1n) is 2.99. The van der Waals surface area contributed by atoms with Crippen molar-refractivity contribution in [3.8, 4) is 0 Å². The fraction of sp³-hybridized carbons (Fsp3) is 0.667. The maximum Gasteiger partial charge on any atom is 0.118 e. The Morgan fingerprint density at radius 2 is 2.00 bits per heavy atom. The minimum atomic E-state index is 0.0895. The van der Waals surface area contributed by atoms with Gasteiger partial charge < -0.3 is 9.84 Å². The zero-order valence-corrected chi connectivity index (χ0v) is 8.46. The molecule has 0 saturated carbocycles. The molecule has 0 aromatic heterocycles. The highest BCUT2D eigenvalue weighted by Gasteiger charge is 1.73. The monoisotopic (exact) mass is 220 g/mol. The lowest BCUT2D eigenvalue weighted by molar-refractivity contribution is 0.102. The molecule has 0 fully saturated rings. The quantitative estimate of drug-likeness (QED) is 0.742. The van der Waals surface area contributed by atoms with Crippen LogP contribution in [0.15, 0.2) is 10.0 Å². The Morgan fingerprint density at radius 1 is 1.55 bits per heavy atom.